The van der Waals surface area contributed by atoms with Crippen molar-refractivity contribution < 1.29 is 14.0 Å². The summed E-state index contributed by atoms with van der Waals surface area (Å²) in [6, 6.07) is 16.9. The van der Waals surface area contributed by atoms with Gasteiger partial charge in [0.1, 0.15) is 11.5 Å². The molecule has 0 saturated carbocycles. The Morgan fingerprint density at radius 3 is 2.62 bits per heavy atom. The Balaban J connectivity index is 1.48. The lowest BCUT2D eigenvalue weighted by molar-refractivity contribution is -0.120. The Morgan fingerprint density at radius 1 is 1.03 bits per heavy atom. The molecular weight excluding hydrogens is 388 g/mol. The summed E-state index contributed by atoms with van der Waals surface area (Å²) in [5.74, 6) is -0.0135. The van der Waals surface area contributed by atoms with Crippen LogP contribution in [0.2, 0.25) is 0 Å². The molecule has 0 radical (unpaired) electrons. The summed E-state index contributed by atoms with van der Waals surface area (Å²) in [6.07, 6.45) is 3.22. The molecule has 0 fully saturated rings. The van der Waals surface area contributed by atoms with E-state index in [2.05, 4.69) is 15.7 Å². The molecule has 4 aromatic rings. The third-order valence-electron chi connectivity index (χ3n) is 4.18. The van der Waals surface area contributed by atoms with Crippen LogP contribution in [0.1, 0.15) is 16.1 Å². The molecule has 0 bridgehead atoms. The van der Waals surface area contributed by atoms with Crippen LogP contribution < -0.4 is 10.6 Å². The lowest BCUT2D eigenvalue weighted by Crippen LogP contribution is -2.36. The predicted molar refractivity (Wildman–Crippen MR) is 110 cm³/mol. The highest BCUT2D eigenvalue weighted by Gasteiger charge is 2.19. The molecule has 7 nitrogen and oxygen atoms in total. The molecule has 0 aliphatic heterocycles. The lowest BCUT2D eigenvalue weighted by atomic mass is 10.2. The topological polar surface area (TPSA) is 89.2 Å². The maximum Gasteiger partial charge on any atom is 0.255 e. The van der Waals surface area contributed by atoms with Gasteiger partial charge in [-0.15, -0.1) is 11.3 Å². The van der Waals surface area contributed by atoms with Gasteiger partial charge in [0.25, 0.3) is 5.91 Å². The van der Waals surface area contributed by atoms with Crippen LogP contribution in [0, 0.1) is 0 Å². The van der Waals surface area contributed by atoms with Crippen molar-refractivity contribution in [3.8, 4) is 16.3 Å². The van der Waals surface area contributed by atoms with Gasteiger partial charge in [-0.1, -0.05) is 24.3 Å². The molecule has 2 N–H and O–H groups in total. The molecule has 146 valence electrons. The van der Waals surface area contributed by atoms with Gasteiger partial charge in [-0.2, -0.15) is 5.10 Å². The molecule has 0 atom stereocenters. The zero-order valence-corrected chi connectivity index (χ0v) is 16.2. The van der Waals surface area contributed by atoms with Crippen molar-refractivity contribution in [2.45, 2.75) is 6.54 Å². The maximum absolute atomic E-state index is 12.8. The summed E-state index contributed by atoms with van der Waals surface area (Å²) in [5, 5.41) is 11.9. The van der Waals surface area contributed by atoms with Crippen molar-refractivity contribution in [3.05, 3.63) is 83.8 Å². The Hall–Kier alpha value is -3.65. The first-order valence-electron chi connectivity index (χ1n) is 8.97. The standard InChI is InChI=1S/C21H18N4O3S/c26-19(22-12-16-8-4-10-28-16)13-23-21(27)17-14-25(15-6-2-1-3-7-15)24-20(17)18-9-5-11-29-18/h1-11,14H,12-13H2,(H,22,26)(H,23,27). The molecule has 1 aromatic carbocycles. The number of aromatic nitrogens is 2. The number of hydrogen-bond acceptors (Lipinski definition) is 5. The monoisotopic (exact) mass is 406 g/mol. The highest BCUT2D eigenvalue weighted by molar-refractivity contribution is 7.13. The molecule has 2 amide bonds. The van der Waals surface area contributed by atoms with Gasteiger partial charge in [-0.05, 0) is 35.7 Å². The Bertz CT molecular complexity index is 1090. The molecule has 0 aliphatic carbocycles. The first kappa shape index (κ1) is 18.7. The number of benzene rings is 1. The van der Waals surface area contributed by atoms with Crippen molar-refractivity contribution in [1.29, 1.82) is 0 Å². The number of rotatable bonds is 7. The summed E-state index contributed by atoms with van der Waals surface area (Å²) in [4.78, 5) is 25.7. The number of thiophene rings is 1. The zero-order chi connectivity index (χ0) is 20.1. The minimum atomic E-state index is -0.358. The molecule has 8 heteroatoms. The molecule has 0 saturated heterocycles. The summed E-state index contributed by atoms with van der Waals surface area (Å²) < 4.78 is 6.84. The smallest absolute Gasteiger partial charge is 0.255 e. The number of nitrogens with one attached hydrogen (secondary N) is 2. The van der Waals surface area contributed by atoms with Crippen LogP contribution in [0.15, 0.2) is 76.9 Å². The van der Waals surface area contributed by atoms with Crippen LogP contribution in [0.25, 0.3) is 16.3 Å². The van der Waals surface area contributed by atoms with Crippen molar-refractivity contribution in [2.24, 2.45) is 0 Å². The molecule has 29 heavy (non-hydrogen) atoms. The molecule has 0 spiro atoms. The third kappa shape index (κ3) is 4.44. The van der Waals surface area contributed by atoms with Gasteiger partial charge in [-0.3, -0.25) is 9.59 Å². The quantitative estimate of drug-likeness (QED) is 0.493. The number of nitrogens with zero attached hydrogens (tertiary/aromatic N) is 2. The largest absolute Gasteiger partial charge is 0.467 e. The van der Waals surface area contributed by atoms with E-state index in [0.29, 0.717) is 17.0 Å². The van der Waals surface area contributed by atoms with Gasteiger partial charge in [0.2, 0.25) is 5.91 Å². The SMILES string of the molecule is O=C(CNC(=O)c1cn(-c2ccccc2)nc1-c1cccs1)NCc1ccco1. The number of carbonyl (C=O) groups is 2. The number of furan rings is 1. The number of amides is 2. The highest BCUT2D eigenvalue weighted by Crippen LogP contribution is 2.27. The number of hydrogen-bond donors (Lipinski definition) is 2. The lowest BCUT2D eigenvalue weighted by Gasteiger charge is -2.05. The Morgan fingerprint density at radius 2 is 1.90 bits per heavy atom. The summed E-state index contributed by atoms with van der Waals surface area (Å²) in [5.41, 5.74) is 1.84. The van der Waals surface area contributed by atoms with Gasteiger partial charge >= 0.3 is 0 Å². The van der Waals surface area contributed by atoms with E-state index in [-0.39, 0.29) is 24.9 Å². The maximum atomic E-state index is 12.8. The van der Waals surface area contributed by atoms with E-state index in [4.69, 9.17) is 4.42 Å². The van der Waals surface area contributed by atoms with Crippen LogP contribution in [-0.2, 0) is 11.3 Å². The van der Waals surface area contributed by atoms with Gasteiger partial charge in [0, 0.05) is 6.20 Å². The van der Waals surface area contributed by atoms with Crippen molar-refractivity contribution in [3.63, 3.8) is 0 Å². The van der Waals surface area contributed by atoms with Gasteiger partial charge in [0.05, 0.1) is 35.5 Å². The van der Waals surface area contributed by atoms with Crippen molar-refractivity contribution in [2.75, 3.05) is 6.54 Å². The average molecular weight is 406 g/mol. The first-order chi connectivity index (χ1) is 14.2. The minimum Gasteiger partial charge on any atom is -0.467 e. The van der Waals surface area contributed by atoms with Crippen LogP contribution >= 0.6 is 11.3 Å². The van der Waals surface area contributed by atoms with E-state index in [0.717, 1.165) is 10.6 Å². The third-order valence-corrected chi connectivity index (χ3v) is 5.06. The second-order valence-electron chi connectivity index (χ2n) is 6.19. The molecule has 3 aromatic heterocycles. The van der Waals surface area contributed by atoms with E-state index in [1.165, 1.54) is 11.3 Å². The number of carbonyl (C=O) groups excluding carboxylic acids is 2. The molecule has 3 heterocycles. The van der Waals surface area contributed by atoms with E-state index < -0.39 is 0 Å². The van der Waals surface area contributed by atoms with Crippen LogP contribution in [0.5, 0.6) is 0 Å². The number of para-hydroxylation sites is 1. The Labute approximate surface area is 171 Å². The molecule has 4 rings (SSSR count). The normalized spacial score (nSPS) is 10.6. The van der Waals surface area contributed by atoms with Crippen LogP contribution in [0.4, 0.5) is 0 Å². The van der Waals surface area contributed by atoms with Crippen LogP contribution in [0.3, 0.4) is 0 Å². The first-order valence-corrected chi connectivity index (χ1v) is 9.85. The van der Waals surface area contributed by atoms with Crippen molar-refractivity contribution in [1.82, 2.24) is 20.4 Å². The second-order valence-corrected chi connectivity index (χ2v) is 7.14. The summed E-state index contributed by atoms with van der Waals surface area (Å²) in [6.45, 7) is 0.133. The molecule has 0 unspecified atom stereocenters. The zero-order valence-electron chi connectivity index (χ0n) is 15.4. The fraction of sp³-hybridized carbons (Fsp3) is 0.0952. The van der Waals surface area contributed by atoms with Gasteiger partial charge in [0.15, 0.2) is 0 Å². The molecular formula is C21H18N4O3S. The summed E-state index contributed by atoms with van der Waals surface area (Å²) >= 11 is 1.50. The van der Waals surface area contributed by atoms with Gasteiger partial charge < -0.3 is 15.1 Å². The van der Waals surface area contributed by atoms with E-state index in [9.17, 15) is 9.59 Å². The van der Waals surface area contributed by atoms with Gasteiger partial charge in [-0.25, -0.2) is 4.68 Å². The van der Waals surface area contributed by atoms with E-state index >= 15 is 0 Å². The van der Waals surface area contributed by atoms with E-state index in [1.807, 2.05) is 47.8 Å². The average Bonchev–Trinajstić information content (AvgIpc) is 3.52. The van der Waals surface area contributed by atoms with Crippen molar-refractivity contribution >= 4 is 23.2 Å². The minimum absolute atomic E-state index is 0.139. The van der Waals surface area contributed by atoms with E-state index in [1.54, 1.807) is 29.3 Å². The Kier molecular flexibility index (Phi) is 5.53. The fourth-order valence-corrected chi connectivity index (χ4v) is 3.49. The highest BCUT2D eigenvalue weighted by atomic mass is 32.1. The predicted octanol–water partition coefficient (Wildman–Crippen LogP) is 3.24. The van der Waals surface area contributed by atoms with Crippen LogP contribution in [-0.4, -0.2) is 28.1 Å². The summed E-state index contributed by atoms with van der Waals surface area (Å²) in [7, 11) is 0. The second kappa shape index (κ2) is 8.57. The fourth-order valence-electron chi connectivity index (χ4n) is 2.77. The molecule has 0 aliphatic rings.